The van der Waals surface area contributed by atoms with E-state index in [1.54, 1.807) is 12.1 Å². The number of unbranched alkanes of at least 4 members (excludes halogenated alkanes) is 9. The van der Waals surface area contributed by atoms with Crippen LogP contribution < -0.4 is 4.74 Å². The summed E-state index contributed by atoms with van der Waals surface area (Å²) in [4.78, 5) is 2.65. The van der Waals surface area contributed by atoms with Gasteiger partial charge in [0.15, 0.2) is 0 Å². The van der Waals surface area contributed by atoms with Crippen LogP contribution in [0, 0.1) is 0 Å². The van der Waals surface area contributed by atoms with Crippen LogP contribution in [0.1, 0.15) is 111 Å². The molecule has 0 spiro atoms. The lowest BCUT2D eigenvalue weighted by Crippen LogP contribution is -2.25. The number of phenolic OH excluding ortho intramolecular Hbond substituents is 1. The van der Waals surface area contributed by atoms with Gasteiger partial charge in [-0.1, -0.05) is 112 Å². The topological polar surface area (TPSA) is 32.7 Å². The van der Waals surface area contributed by atoms with Gasteiger partial charge in [0.1, 0.15) is 11.5 Å². The van der Waals surface area contributed by atoms with Crippen molar-refractivity contribution < 1.29 is 9.84 Å². The molecule has 0 saturated carbocycles. The first-order valence-corrected chi connectivity index (χ1v) is 16.1. The van der Waals surface area contributed by atoms with Crippen molar-refractivity contribution in [2.45, 2.75) is 95.3 Å². The number of rotatable bonds is 15. The summed E-state index contributed by atoms with van der Waals surface area (Å²) in [6, 6.07) is 25.6. The Kier molecular flexibility index (Phi) is 11.0. The van der Waals surface area contributed by atoms with Crippen LogP contribution in [0.3, 0.4) is 0 Å². The molecule has 5 rings (SSSR count). The smallest absolute Gasteiger partial charge is 0.126 e. The highest BCUT2D eigenvalue weighted by Crippen LogP contribution is 2.46. The van der Waals surface area contributed by atoms with Crippen LogP contribution in [0.15, 0.2) is 72.8 Å². The zero-order valence-electron chi connectivity index (χ0n) is 24.4. The lowest BCUT2D eigenvalue weighted by atomic mass is 9.75. The Labute approximate surface area is 242 Å². The Hall–Kier alpha value is -2.78. The zero-order chi connectivity index (χ0) is 27.4. The maximum Gasteiger partial charge on any atom is 0.126 e. The van der Waals surface area contributed by atoms with Gasteiger partial charge < -0.3 is 14.7 Å². The summed E-state index contributed by atoms with van der Waals surface area (Å²) in [5.41, 5.74) is 5.22. The fraction of sp³-hybridized carbons (Fsp3) is 0.514. The molecule has 2 aliphatic heterocycles. The first kappa shape index (κ1) is 28.7. The molecule has 2 heterocycles. The number of phenols is 1. The van der Waals surface area contributed by atoms with Gasteiger partial charge in [-0.25, -0.2) is 0 Å². The molecule has 0 aromatic heterocycles. The van der Waals surface area contributed by atoms with Crippen molar-refractivity contribution in [2.24, 2.45) is 0 Å². The van der Waals surface area contributed by atoms with Crippen LogP contribution in [0.2, 0.25) is 0 Å². The van der Waals surface area contributed by atoms with E-state index in [1.807, 2.05) is 6.07 Å². The van der Waals surface area contributed by atoms with Crippen molar-refractivity contribution in [2.75, 3.05) is 26.2 Å². The molecular formula is C37H49NO2. The average Bonchev–Trinajstić information content (AvgIpc) is 3.51. The van der Waals surface area contributed by atoms with Gasteiger partial charge in [0.2, 0.25) is 0 Å². The Morgan fingerprint density at radius 1 is 0.675 bits per heavy atom. The maximum absolute atomic E-state index is 10.0. The summed E-state index contributed by atoms with van der Waals surface area (Å²) < 4.78 is 6.12. The van der Waals surface area contributed by atoms with Crippen LogP contribution in [0.4, 0.5) is 0 Å². The summed E-state index contributed by atoms with van der Waals surface area (Å²) in [5, 5.41) is 10.0. The summed E-state index contributed by atoms with van der Waals surface area (Å²) in [6.07, 6.45) is 17.9. The highest BCUT2D eigenvalue weighted by Gasteiger charge is 2.33. The van der Waals surface area contributed by atoms with Gasteiger partial charge in [0.25, 0.3) is 0 Å². The minimum atomic E-state index is 0.214. The van der Waals surface area contributed by atoms with E-state index in [2.05, 4.69) is 59.5 Å². The number of aromatic hydroxyl groups is 1. The van der Waals surface area contributed by atoms with Gasteiger partial charge in [0, 0.05) is 23.5 Å². The predicted octanol–water partition coefficient (Wildman–Crippen LogP) is 9.24. The van der Waals surface area contributed by atoms with Crippen molar-refractivity contribution in [1.29, 1.82) is 0 Å². The van der Waals surface area contributed by atoms with Gasteiger partial charge in [-0.2, -0.15) is 0 Å². The van der Waals surface area contributed by atoms with Crippen molar-refractivity contribution in [3.8, 4) is 11.5 Å². The Morgan fingerprint density at radius 2 is 1.32 bits per heavy atom. The maximum atomic E-state index is 10.0. The van der Waals surface area contributed by atoms with Crippen LogP contribution in [-0.4, -0.2) is 36.2 Å². The number of likely N-dealkylation sites (tertiary alicyclic amines) is 1. The van der Waals surface area contributed by atoms with Crippen molar-refractivity contribution >= 4 is 0 Å². The molecule has 214 valence electrons. The molecule has 3 heteroatoms. The first-order chi connectivity index (χ1) is 19.8. The van der Waals surface area contributed by atoms with Gasteiger partial charge in [0.05, 0.1) is 6.61 Å². The molecule has 40 heavy (non-hydrogen) atoms. The molecule has 0 bridgehead atoms. The number of aryl methyl sites for hydroxylation is 1. The molecule has 0 aliphatic carbocycles. The molecule has 1 N–H and O–H groups in total. The minimum absolute atomic E-state index is 0.214. The lowest BCUT2D eigenvalue weighted by molar-refractivity contribution is 0.248. The van der Waals surface area contributed by atoms with Crippen LogP contribution in [0.5, 0.6) is 11.5 Å². The molecule has 0 amide bonds. The Balaban J connectivity index is 1.03. The molecule has 3 aromatic rings. The number of benzene rings is 3. The van der Waals surface area contributed by atoms with E-state index in [0.29, 0.717) is 6.61 Å². The summed E-state index contributed by atoms with van der Waals surface area (Å²) in [5.74, 6) is 1.53. The van der Waals surface area contributed by atoms with E-state index < -0.39 is 0 Å². The molecule has 1 fully saturated rings. The third-order valence-corrected chi connectivity index (χ3v) is 9.11. The van der Waals surface area contributed by atoms with Gasteiger partial charge in [-0.3, -0.25) is 0 Å². The summed E-state index contributed by atoms with van der Waals surface area (Å²) in [7, 11) is 0. The quantitative estimate of drug-likeness (QED) is 0.195. The average molecular weight is 540 g/mol. The van der Waals surface area contributed by atoms with Crippen molar-refractivity contribution in [1.82, 2.24) is 4.90 Å². The van der Waals surface area contributed by atoms with E-state index in [-0.39, 0.29) is 17.6 Å². The molecular weight excluding hydrogens is 490 g/mol. The molecule has 3 nitrogen and oxygen atoms in total. The first-order valence-electron chi connectivity index (χ1n) is 16.1. The lowest BCUT2D eigenvalue weighted by Gasteiger charge is -2.34. The summed E-state index contributed by atoms with van der Waals surface area (Å²) in [6.45, 7) is 4.65. The monoisotopic (exact) mass is 539 g/mol. The molecule has 0 radical (unpaired) electrons. The largest absolute Gasteiger partial charge is 0.508 e. The molecule has 0 unspecified atom stereocenters. The van der Waals surface area contributed by atoms with Gasteiger partial charge in [-0.05, 0) is 74.5 Å². The van der Waals surface area contributed by atoms with Crippen molar-refractivity contribution in [3.05, 3.63) is 95.1 Å². The highest BCUT2D eigenvalue weighted by atomic mass is 16.5. The SMILES string of the molecule is Oc1ccc2c(c1)OC[C@H](c1ccccc1)[C@@H]2c1ccc(CCCCCCCCCCCCN2CCCC2)cc1. The fourth-order valence-electron chi connectivity index (χ4n) is 6.77. The second kappa shape index (κ2) is 15.3. The Morgan fingerprint density at radius 3 is 2.02 bits per heavy atom. The summed E-state index contributed by atoms with van der Waals surface area (Å²) >= 11 is 0. The molecule has 2 atom stereocenters. The fourth-order valence-corrected chi connectivity index (χ4v) is 6.77. The molecule has 2 aliphatic rings. The number of fused-ring (bicyclic) bond motifs is 1. The van der Waals surface area contributed by atoms with E-state index >= 15 is 0 Å². The normalized spacial score (nSPS) is 18.9. The van der Waals surface area contributed by atoms with Gasteiger partial charge >= 0.3 is 0 Å². The van der Waals surface area contributed by atoms with Crippen LogP contribution in [-0.2, 0) is 6.42 Å². The predicted molar refractivity (Wildman–Crippen MR) is 167 cm³/mol. The van der Waals surface area contributed by atoms with Gasteiger partial charge in [-0.15, -0.1) is 0 Å². The second-order valence-electron chi connectivity index (χ2n) is 12.1. The highest BCUT2D eigenvalue weighted by molar-refractivity contribution is 5.50. The third-order valence-electron chi connectivity index (χ3n) is 9.11. The van der Waals surface area contributed by atoms with E-state index in [9.17, 15) is 5.11 Å². The van der Waals surface area contributed by atoms with E-state index in [4.69, 9.17) is 4.74 Å². The van der Waals surface area contributed by atoms with Crippen LogP contribution >= 0.6 is 0 Å². The zero-order valence-corrected chi connectivity index (χ0v) is 24.4. The van der Waals surface area contributed by atoms with E-state index in [0.717, 1.165) is 17.7 Å². The third kappa shape index (κ3) is 8.13. The minimum Gasteiger partial charge on any atom is -0.508 e. The standard InChI is InChI=1S/C37H49NO2/c39-33-23-24-34-36(28-33)40-29-35(31-17-11-9-12-18-31)37(34)32-21-19-30(20-22-32)16-10-7-5-3-1-2-4-6-8-13-25-38-26-14-15-27-38/h9,11-12,17-24,28,35,37,39H,1-8,10,13-16,25-27,29H2/t35-,37-/m1/s1. The number of nitrogens with zero attached hydrogens (tertiary/aromatic N) is 1. The molecule has 3 aromatic carbocycles. The number of hydrogen-bond acceptors (Lipinski definition) is 3. The number of ether oxygens (including phenoxy) is 1. The van der Waals surface area contributed by atoms with Crippen LogP contribution in [0.25, 0.3) is 0 Å². The second-order valence-corrected chi connectivity index (χ2v) is 12.1. The number of hydrogen-bond donors (Lipinski definition) is 1. The van der Waals surface area contributed by atoms with Crippen molar-refractivity contribution in [3.63, 3.8) is 0 Å². The Bertz CT molecular complexity index is 1140. The van der Waals surface area contributed by atoms with E-state index in [1.165, 1.54) is 113 Å². The molecule has 1 saturated heterocycles.